The van der Waals surface area contributed by atoms with Crippen LogP contribution >= 0.6 is 0 Å². The molecule has 0 aromatic heterocycles. The zero-order valence-corrected chi connectivity index (χ0v) is 10.7. The van der Waals surface area contributed by atoms with Gasteiger partial charge in [0.05, 0.1) is 6.54 Å². The minimum Gasteiger partial charge on any atom is -0.409 e. The highest BCUT2D eigenvalue weighted by atomic mass is 16.4. The summed E-state index contributed by atoms with van der Waals surface area (Å²) in [6, 6.07) is 0. The summed E-state index contributed by atoms with van der Waals surface area (Å²) in [7, 11) is 0. The van der Waals surface area contributed by atoms with Gasteiger partial charge in [0.15, 0.2) is 5.84 Å². The average Bonchev–Trinajstić information content (AvgIpc) is 2.53. The van der Waals surface area contributed by atoms with Crippen molar-refractivity contribution in [2.45, 2.75) is 20.3 Å². The molecule has 1 rings (SSSR count). The molecular formula is C11H20N4O3. The van der Waals surface area contributed by atoms with Crippen molar-refractivity contribution in [3.63, 3.8) is 0 Å². The molecule has 18 heavy (non-hydrogen) atoms. The molecule has 1 fully saturated rings. The van der Waals surface area contributed by atoms with Crippen LogP contribution in [-0.2, 0) is 9.59 Å². The standard InChI is InChI=1S/C11H20N4O3/c1-7(2)9(10(12)14-18)11(17)15-5-3-4-13-8(16)6-15/h7,9,18H,3-6H2,1-2H3,(H2,12,14)(H,13,16). The predicted molar refractivity (Wildman–Crippen MR) is 65.9 cm³/mol. The molecule has 1 unspecified atom stereocenters. The number of carbonyl (C=O) groups excluding carboxylic acids is 2. The Bertz CT molecular complexity index is 354. The molecule has 7 heteroatoms. The minimum absolute atomic E-state index is 0.0285. The molecule has 1 saturated heterocycles. The van der Waals surface area contributed by atoms with Gasteiger partial charge in [-0.3, -0.25) is 9.59 Å². The van der Waals surface area contributed by atoms with E-state index in [9.17, 15) is 9.59 Å². The zero-order chi connectivity index (χ0) is 13.7. The molecule has 4 N–H and O–H groups in total. The van der Waals surface area contributed by atoms with E-state index in [0.29, 0.717) is 19.5 Å². The van der Waals surface area contributed by atoms with Crippen LogP contribution in [0.15, 0.2) is 5.16 Å². The maximum absolute atomic E-state index is 12.3. The highest BCUT2D eigenvalue weighted by Crippen LogP contribution is 2.15. The molecule has 0 aliphatic carbocycles. The van der Waals surface area contributed by atoms with Gasteiger partial charge in [-0.2, -0.15) is 0 Å². The lowest BCUT2D eigenvalue weighted by Gasteiger charge is -2.26. The van der Waals surface area contributed by atoms with E-state index >= 15 is 0 Å². The third kappa shape index (κ3) is 3.35. The lowest BCUT2D eigenvalue weighted by molar-refractivity contribution is -0.137. The smallest absolute Gasteiger partial charge is 0.239 e. The summed E-state index contributed by atoms with van der Waals surface area (Å²) in [6.07, 6.45) is 0.707. The number of nitrogens with two attached hydrogens (primary N) is 1. The number of carbonyl (C=O) groups is 2. The van der Waals surface area contributed by atoms with Crippen molar-refractivity contribution in [2.75, 3.05) is 19.6 Å². The zero-order valence-electron chi connectivity index (χ0n) is 10.7. The van der Waals surface area contributed by atoms with Crippen molar-refractivity contribution in [3.05, 3.63) is 0 Å². The van der Waals surface area contributed by atoms with Gasteiger partial charge >= 0.3 is 0 Å². The van der Waals surface area contributed by atoms with Crippen LogP contribution in [0.5, 0.6) is 0 Å². The van der Waals surface area contributed by atoms with E-state index in [1.54, 1.807) is 0 Å². The van der Waals surface area contributed by atoms with Crippen molar-refractivity contribution in [1.29, 1.82) is 0 Å². The Morgan fingerprint density at radius 3 is 2.78 bits per heavy atom. The molecule has 0 radical (unpaired) electrons. The van der Waals surface area contributed by atoms with Gasteiger partial charge in [0.25, 0.3) is 0 Å². The first-order valence-electron chi connectivity index (χ1n) is 6.00. The molecular weight excluding hydrogens is 236 g/mol. The summed E-state index contributed by atoms with van der Waals surface area (Å²) in [5.74, 6) is -1.35. The van der Waals surface area contributed by atoms with Crippen LogP contribution in [0.25, 0.3) is 0 Å². The second-order valence-corrected chi connectivity index (χ2v) is 4.71. The summed E-state index contributed by atoms with van der Waals surface area (Å²) in [5.41, 5.74) is 5.55. The quantitative estimate of drug-likeness (QED) is 0.270. The lowest BCUT2D eigenvalue weighted by Crippen LogP contribution is -2.46. The second-order valence-electron chi connectivity index (χ2n) is 4.71. The fourth-order valence-electron chi connectivity index (χ4n) is 2.01. The van der Waals surface area contributed by atoms with Gasteiger partial charge < -0.3 is 21.2 Å². The van der Waals surface area contributed by atoms with Crippen molar-refractivity contribution in [1.82, 2.24) is 10.2 Å². The Morgan fingerprint density at radius 1 is 1.56 bits per heavy atom. The van der Waals surface area contributed by atoms with Gasteiger partial charge in [-0.1, -0.05) is 19.0 Å². The number of amides is 2. The van der Waals surface area contributed by atoms with Crippen LogP contribution in [0.4, 0.5) is 0 Å². The topological polar surface area (TPSA) is 108 Å². The van der Waals surface area contributed by atoms with Gasteiger partial charge in [-0.15, -0.1) is 0 Å². The first-order valence-corrected chi connectivity index (χ1v) is 6.00. The van der Waals surface area contributed by atoms with E-state index < -0.39 is 5.92 Å². The van der Waals surface area contributed by atoms with E-state index in [2.05, 4.69) is 10.5 Å². The second kappa shape index (κ2) is 6.23. The van der Waals surface area contributed by atoms with Crippen LogP contribution in [0, 0.1) is 11.8 Å². The van der Waals surface area contributed by atoms with Gasteiger partial charge in [-0.05, 0) is 12.3 Å². The molecule has 0 saturated carbocycles. The summed E-state index contributed by atoms with van der Waals surface area (Å²) in [4.78, 5) is 25.2. The van der Waals surface area contributed by atoms with E-state index in [1.165, 1.54) is 4.90 Å². The third-order valence-electron chi connectivity index (χ3n) is 2.94. The van der Waals surface area contributed by atoms with Crippen LogP contribution in [0.1, 0.15) is 20.3 Å². The van der Waals surface area contributed by atoms with Crippen LogP contribution in [0.2, 0.25) is 0 Å². The molecule has 0 aromatic carbocycles. The van der Waals surface area contributed by atoms with Crippen molar-refractivity contribution < 1.29 is 14.8 Å². The summed E-state index contributed by atoms with van der Waals surface area (Å²) >= 11 is 0. The van der Waals surface area contributed by atoms with E-state index in [-0.39, 0.29) is 30.1 Å². The highest BCUT2D eigenvalue weighted by molar-refractivity contribution is 6.03. The van der Waals surface area contributed by atoms with Gasteiger partial charge in [0, 0.05) is 13.1 Å². The monoisotopic (exact) mass is 256 g/mol. The van der Waals surface area contributed by atoms with Crippen LogP contribution in [-0.4, -0.2) is 47.4 Å². The lowest BCUT2D eigenvalue weighted by atomic mass is 9.93. The fraction of sp³-hybridized carbons (Fsp3) is 0.727. The number of hydrogen-bond acceptors (Lipinski definition) is 4. The van der Waals surface area contributed by atoms with Gasteiger partial charge in [0.1, 0.15) is 5.92 Å². The molecule has 0 aromatic rings. The van der Waals surface area contributed by atoms with Gasteiger partial charge in [-0.25, -0.2) is 0 Å². The van der Waals surface area contributed by atoms with E-state index in [4.69, 9.17) is 10.9 Å². The maximum Gasteiger partial charge on any atom is 0.239 e. The summed E-state index contributed by atoms with van der Waals surface area (Å²) in [5, 5.41) is 14.3. The fourth-order valence-corrected chi connectivity index (χ4v) is 2.01. The molecule has 0 bridgehead atoms. The van der Waals surface area contributed by atoms with E-state index in [1.807, 2.05) is 13.8 Å². The SMILES string of the molecule is CC(C)C(C(=O)N1CCCNC(=O)C1)C(N)=NO. The van der Waals surface area contributed by atoms with Crippen molar-refractivity contribution >= 4 is 17.6 Å². The molecule has 0 spiro atoms. The Labute approximate surface area is 106 Å². The van der Waals surface area contributed by atoms with Crippen LogP contribution in [0.3, 0.4) is 0 Å². The number of rotatable bonds is 3. The molecule has 1 aliphatic rings. The molecule has 1 heterocycles. The van der Waals surface area contributed by atoms with Crippen molar-refractivity contribution in [3.8, 4) is 0 Å². The Balaban J connectivity index is 2.85. The maximum atomic E-state index is 12.3. The normalized spacial score (nSPS) is 19.4. The summed E-state index contributed by atoms with van der Waals surface area (Å²) < 4.78 is 0. The first kappa shape index (κ1) is 14.3. The highest BCUT2D eigenvalue weighted by Gasteiger charge is 2.32. The predicted octanol–water partition coefficient (Wildman–Crippen LogP) is -0.646. The number of hydrogen-bond donors (Lipinski definition) is 3. The molecule has 1 atom stereocenters. The third-order valence-corrected chi connectivity index (χ3v) is 2.94. The first-order chi connectivity index (χ1) is 8.47. The largest absolute Gasteiger partial charge is 0.409 e. The Hall–Kier alpha value is -1.79. The minimum atomic E-state index is -0.694. The molecule has 7 nitrogen and oxygen atoms in total. The Kier molecular flexibility index (Phi) is 4.94. The number of nitrogens with one attached hydrogen (secondary N) is 1. The summed E-state index contributed by atoms with van der Waals surface area (Å²) in [6.45, 7) is 4.73. The average molecular weight is 256 g/mol. The number of oxime groups is 1. The van der Waals surface area contributed by atoms with E-state index in [0.717, 1.165) is 0 Å². The molecule has 2 amide bonds. The Morgan fingerprint density at radius 2 is 2.22 bits per heavy atom. The van der Waals surface area contributed by atoms with Gasteiger partial charge in [0.2, 0.25) is 11.8 Å². The number of amidine groups is 1. The molecule has 102 valence electrons. The number of nitrogens with zero attached hydrogens (tertiary/aromatic N) is 2. The molecule has 1 aliphatic heterocycles. The van der Waals surface area contributed by atoms with Crippen molar-refractivity contribution in [2.24, 2.45) is 22.7 Å². The van der Waals surface area contributed by atoms with Crippen LogP contribution < -0.4 is 11.1 Å².